The molecule has 0 aliphatic rings. The molecule has 2 rings (SSSR count). The number of aromatic amines is 1. The Labute approximate surface area is 127 Å². The number of hydrogen-bond donors (Lipinski definition) is 1. The first-order chi connectivity index (χ1) is 9.92. The first-order valence-corrected chi connectivity index (χ1v) is 7.46. The Morgan fingerprint density at radius 1 is 1.38 bits per heavy atom. The Balaban J connectivity index is 2.33. The van der Waals surface area contributed by atoms with Gasteiger partial charge in [-0.15, -0.1) is 0 Å². The molecule has 0 saturated heterocycles. The molecule has 0 spiro atoms. The van der Waals surface area contributed by atoms with Crippen molar-refractivity contribution in [1.29, 1.82) is 0 Å². The monoisotopic (exact) mass is 306 g/mol. The van der Waals surface area contributed by atoms with Crippen molar-refractivity contribution >= 4 is 17.4 Å². The normalized spacial score (nSPS) is 10.5. The second-order valence-electron chi connectivity index (χ2n) is 4.90. The zero-order valence-electron chi connectivity index (χ0n) is 12.5. The second-order valence-corrected chi connectivity index (χ2v) is 5.94. The van der Waals surface area contributed by atoms with Crippen LogP contribution in [0.5, 0.6) is 5.06 Å². The molecule has 1 N–H and O–H groups in total. The van der Waals surface area contributed by atoms with Crippen LogP contribution in [0.4, 0.5) is 4.79 Å². The quantitative estimate of drug-likeness (QED) is 0.948. The number of H-pyrrole nitrogens is 1. The van der Waals surface area contributed by atoms with E-state index in [1.165, 1.54) is 16.2 Å². The Hall–Kier alpha value is -2.08. The van der Waals surface area contributed by atoms with Crippen LogP contribution in [-0.4, -0.2) is 30.1 Å². The summed E-state index contributed by atoms with van der Waals surface area (Å²) in [4.78, 5) is 28.5. The summed E-state index contributed by atoms with van der Waals surface area (Å²) in [6.45, 7) is 3.81. The van der Waals surface area contributed by atoms with E-state index in [-0.39, 0.29) is 5.56 Å². The van der Waals surface area contributed by atoms with E-state index < -0.39 is 6.09 Å². The summed E-state index contributed by atoms with van der Waals surface area (Å²) in [5, 5.41) is 0.535. The molecule has 0 aliphatic carbocycles. The second kappa shape index (κ2) is 6.13. The molecule has 21 heavy (non-hydrogen) atoms. The van der Waals surface area contributed by atoms with E-state index >= 15 is 0 Å². The van der Waals surface area contributed by atoms with Crippen LogP contribution in [0.25, 0.3) is 10.4 Å². The number of aromatic nitrogens is 1. The number of thiophene rings is 1. The van der Waals surface area contributed by atoms with E-state index in [4.69, 9.17) is 4.74 Å². The number of hydrogen-bond acceptors (Lipinski definition) is 4. The summed E-state index contributed by atoms with van der Waals surface area (Å²) in [5.41, 5.74) is 2.47. The van der Waals surface area contributed by atoms with Gasteiger partial charge in [-0.3, -0.25) is 4.79 Å². The average Bonchev–Trinajstić information content (AvgIpc) is 2.87. The summed E-state index contributed by atoms with van der Waals surface area (Å²) in [6.07, 6.45) is 0.270. The summed E-state index contributed by atoms with van der Waals surface area (Å²) in [7, 11) is 3.27. The van der Waals surface area contributed by atoms with Crippen LogP contribution in [0, 0.1) is 6.92 Å². The number of rotatable bonds is 3. The fourth-order valence-corrected chi connectivity index (χ4v) is 2.81. The molecule has 0 atom stereocenters. The zero-order valence-corrected chi connectivity index (χ0v) is 13.3. The van der Waals surface area contributed by atoms with Crippen LogP contribution in [0.2, 0.25) is 0 Å². The van der Waals surface area contributed by atoms with Crippen molar-refractivity contribution in [2.45, 2.75) is 20.3 Å². The fraction of sp³-hybridized carbons (Fsp3) is 0.333. The van der Waals surface area contributed by atoms with E-state index in [2.05, 4.69) is 4.98 Å². The van der Waals surface area contributed by atoms with Gasteiger partial charge in [0.1, 0.15) is 0 Å². The number of aryl methyl sites for hydroxylation is 2. The minimum Gasteiger partial charge on any atom is -0.399 e. The predicted octanol–water partition coefficient (Wildman–Crippen LogP) is 3.03. The van der Waals surface area contributed by atoms with E-state index in [1.54, 1.807) is 20.2 Å². The minimum absolute atomic E-state index is 0.0467. The number of nitrogens with one attached hydrogen (secondary N) is 1. The Bertz CT molecular complexity index is 716. The predicted molar refractivity (Wildman–Crippen MR) is 84.2 cm³/mol. The van der Waals surface area contributed by atoms with Crippen molar-refractivity contribution in [3.63, 3.8) is 0 Å². The van der Waals surface area contributed by atoms with Gasteiger partial charge in [-0.05, 0) is 31.5 Å². The summed E-state index contributed by atoms with van der Waals surface area (Å²) in [6, 6.07) is 5.55. The number of carbonyl (C=O) groups excluding carboxylic acids is 1. The molecule has 5 nitrogen and oxygen atoms in total. The van der Waals surface area contributed by atoms with Crippen molar-refractivity contribution in [3.8, 4) is 15.5 Å². The van der Waals surface area contributed by atoms with Crippen molar-refractivity contribution in [2.24, 2.45) is 0 Å². The first kappa shape index (κ1) is 15.3. The minimum atomic E-state index is -0.407. The molecule has 0 unspecified atom stereocenters. The van der Waals surface area contributed by atoms with Crippen molar-refractivity contribution in [3.05, 3.63) is 39.8 Å². The molecule has 0 fully saturated rings. The molecule has 2 aromatic rings. The van der Waals surface area contributed by atoms with Gasteiger partial charge in [-0.2, -0.15) is 0 Å². The van der Waals surface area contributed by atoms with E-state index in [0.717, 1.165) is 21.7 Å². The first-order valence-electron chi connectivity index (χ1n) is 6.64. The summed E-state index contributed by atoms with van der Waals surface area (Å²) < 4.78 is 5.23. The molecule has 112 valence electrons. The SMILES string of the molecule is CCc1cc(-c2ccc(OC(=O)N(C)C)s2)c(C)[nH]c1=O. The zero-order chi connectivity index (χ0) is 15.6. The van der Waals surface area contributed by atoms with Gasteiger partial charge >= 0.3 is 6.09 Å². The molecule has 0 radical (unpaired) electrons. The lowest BCUT2D eigenvalue weighted by Crippen LogP contribution is -2.24. The molecular weight excluding hydrogens is 288 g/mol. The van der Waals surface area contributed by atoms with Crippen molar-refractivity contribution < 1.29 is 9.53 Å². The molecule has 2 aromatic heterocycles. The maximum absolute atomic E-state index is 11.8. The Kier molecular flexibility index (Phi) is 4.47. The van der Waals surface area contributed by atoms with Gasteiger partial charge in [0.2, 0.25) is 0 Å². The van der Waals surface area contributed by atoms with Gasteiger partial charge in [0, 0.05) is 35.8 Å². The third-order valence-corrected chi connectivity index (χ3v) is 4.09. The summed E-state index contributed by atoms with van der Waals surface area (Å²) >= 11 is 1.38. The molecule has 0 bridgehead atoms. The number of carbonyl (C=O) groups is 1. The molecular formula is C15H18N2O3S. The molecule has 0 saturated carbocycles. The highest BCUT2D eigenvalue weighted by Crippen LogP contribution is 2.34. The highest BCUT2D eigenvalue weighted by atomic mass is 32.1. The fourth-order valence-electron chi connectivity index (χ4n) is 1.88. The topological polar surface area (TPSA) is 62.4 Å². The van der Waals surface area contributed by atoms with Gasteiger partial charge in [-0.1, -0.05) is 18.3 Å². The lowest BCUT2D eigenvalue weighted by atomic mass is 10.1. The van der Waals surface area contributed by atoms with Crippen LogP contribution in [0.3, 0.4) is 0 Å². The third kappa shape index (κ3) is 3.33. The number of ether oxygens (including phenoxy) is 1. The number of pyridine rings is 1. The van der Waals surface area contributed by atoms with Crippen LogP contribution in [0.15, 0.2) is 23.0 Å². The highest BCUT2D eigenvalue weighted by molar-refractivity contribution is 7.17. The lowest BCUT2D eigenvalue weighted by molar-refractivity contribution is 0.173. The molecule has 1 amide bonds. The van der Waals surface area contributed by atoms with Gasteiger partial charge in [0.25, 0.3) is 5.56 Å². The van der Waals surface area contributed by atoms with Gasteiger partial charge in [0.05, 0.1) is 0 Å². The van der Waals surface area contributed by atoms with Crippen LogP contribution >= 0.6 is 11.3 Å². The standard InChI is InChI=1S/C15H18N2O3S/c1-5-10-8-11(9(2)16-14(10)18)12-6-7-13(21-12)20-15(19)17(3)4/h6-8H,5H2,1-4H3,(H,16,18). The van der Waals surface area contributed by atoms with E-state index in [0.29, 0.717) is 11.5 Å². The van der Waals surface area contributed by atoms with E-state index in [1.807, 2.05) is 26.0 Å². The van der Waals surface area contributed by atoms with Crippen molar-refractivity contribution in [2.75, 3.05) is 14.1 Å². The Morgan fingerprint density at radius 2 is 2.10 bits per heavy atom. The van der Waals surface area contributed by atoms with E-state index in [9.17, 15) is 9.59 Å². The maximum Gasteiger partial charge on any atom is 0.415 e. The summed E-state index contributed by atoms with van der Waals surface area (Å²) in [5.74, 6) is 0. The lowest BCUT2D eigenvalue weighted by Gasteiger charge is -2.08. The molecule has 0 aromatic carbocycles. The van der Waals surface area contributed by atoms with Gasteiger partial charge in [-0.25, -0.2) is 4.79 Å². The van der Waals surface area contributed by atoms with Crippen LogP contribution < -0.4 is 10.3 Å². The average molecular weight is 306 g/mol. The number of nitrogens with zero attached hydrogens (tertiary/aromatic N) is 1. The van der Waals surface area contributed by atoms with Gasteiger partial charge < -0.3 is 14.6 Å². The third-order valence-electron chi connectivity index (χ3n) is 3.10. The molecule has 0 aliphatic heterocycles. The largest absolute Gasteiger partial charge is 0.415 e. The van der Waals surface area contributed by atoms with Crippen LogP contribution in [-0.2, 0) is 6.42 Å². The maximum atomic E-state index is 11.8. The highest BCUT2D eigenvalue weighted by Gasteiger charge is 2.12. The van der Waals surface area contributed by atoms with Crippen LogP contribution in [0.1, 0.15) is 18.2 Å². The Morgan fingerprint density at radius 3 is 2.71 bits per heavy atom. The molecule has 6 heteroatoms. The molecule has 2 heterocycles. The smallest absolute Gasteiger partial charge is 0.399 e. The van der Waals surface area contributed by atoms with Crippen molar-refractivity contribution in [1.82, 2.24) is 9.88 Å². The number of amides is 1. The van der Waals surface area contributed by atoms with Gasteiger partial charge in [0.15, 0.2) is 5.06 Å².